The van der Waals surface area contributed by atoms with Crippen molar-refractivity contribution >= 4 is 58.4 Å². The predicted molar refractivity (Wildman–Crippen MR) is 247 cm³/mol. The van der Waals surface area contributed by atoms with E-state index in [0.717, 1.165) is 24.9 Å². The molecule has 0 saturated carbocycles. The molecule has 23 heteroatoms. The molecule has 2 aliphatic heterocycles. The van der Waals surface area contributed by atoms with Gasteiger partial charge in [-0.15, -0.1) is 10.2 Å². The SMILES string of the molecule is CC(C)(C)OC(=O)N[C@@H]1CCCN(c2n[nH]c(C(=O)NN)c2Cc2ccccc2Cl)C1.CC(C)(C)OC(=O)N[C@@H]1CCCN(c2nn3c(C(F)(F)F)n[nH]c(=O)c3c2Cc2ccccc2Cl)C1. The predicted octanol–water partition coefficient (Wildman–Crippen LogP) is 6.93. The normalized spacial score (nSPS) is 16.8. The Morgan fingerprint density at radius 2 is 1.25 bits per heavy atom. The molecule has 2 fully saturated rings. The minimum atomic E-state index is -4.85. The number of H-pyrrole nitrogens is 2. The summed E-state index contributed by atoms with van der Waals surface area (Å²) in [6.45, 7) is 12.8. The molecule has 362 valence electrons. The van der Waals surface area contributed by atoms with Gasteiger partial charge >= 0.3 is 18.4 Å². The number of carbonyl (C=O) groups is 3. The number of piperidine rings is 2. The number of rotatable bonds is 9. The third-order valence-electron chi connectivity index (χ3n) is 10.6. The highest BCUT2D eigenvalue weighted by Crippen LogP contribution is 2.34. The van der Waals surface area contributed by atoms with Crippen LogP contribution in [0, 0.1) is 0 Å². The molecular formula is C44H55Cl2F3N12O6. The van der Waals surface area contributed by atoms with Gasteiger partial charge in [0.05, 0.1) is 0 Å². The molecule has 5 heterocycles. The third kappa shape index (κ3) is 13.1. The molecule has 0 aliphatic carbocycles. The lowest BCUT2D eigenvalue weighted by molar-refractivity contribution is -0.147. The van der Waals surface area contributed by atoms with Crippen molar-refractivity contribution in [1.82, 2.24) is 46.1 Å². The van der Waals surface area contributed by atoms with Crippen LogP contribution in [0.1, 0.15) is 106 Å². The van der Waals surface area contributed by atoms with E-state index in [1.807, 2.05) is 44.1 Å². The molecule has 3 aromatic heterocycles. The second kappa shape index (κ2) is 20.8. The van der Waals surface area contributed by atoms with Crippen molar-refractivity contribution in [3.05, 3.63) is 103 Å². The standard InChI is InChI=1S/C23H26ClF3N6O3.C21H29ClN6O3/c1-22(2,3)36-21(35)28-14-8-6-10-32(12-14)18-15(11-13-7-4-5-9-16(13)24)17-19(34)29-30-20(23(25,26)27)33(17)31-18;1-21(2,3)31-20(30)24-14-8-6-10-28(12-14)18-15(17(26-27-18)19(29)25-23)11-13-7-4-5-9-16(13)22/h4-5,7,9,14H,6,8,10-12H2,1-3H3,(H,28,35)(H,29,34);4-5,7,9,14H,6,8,10-12,23H2,1-3H3,(H,24,30)(H,25,29)(H,26,27)/t2*14-/m11/s1. The summed E-state index contributed by atoms with van der Waals surface area (Å²) in [6, 6.07) is 13.9. The van der Waals surface area contributed by atoms with E-state index in [4.69, 9.17) is 38.5 Å². The van der Waals surface area contributed by atoms with Crippen LogP contribution in [0.5, 0.6) is 0 Å². The highest BCUT2D eigenvalue weighted by Gasteiger charge is 2.39. The molecule has 2 saturated heterocycles. The quantitative estimate of drug-likeness (QED) is 0.0502. The van der Waals surface area contributed by atoms with Gasteiger partial charge < -0.3 is 29.9 Å². The number of alkyl halides is 3. The summed E-state index contributed by atoms with van der Waals surface area (Å²) in [5, 5.41) is 23.4. The van der Waals surface area contributed by atoms with Crippen LogP contribution in [0.4, 0.5) is 34.4 Å². The third-order valence-corrected chi connectivity index (χ3v) is 11.4. The zero-order valence-electron chi connectivity index (χ0n) is 37.9. The number of benzene rings is 2. The fraction of sp³-hybridized carbons (Fsp3) is 0.477. The van der Waals surface area contributed by atoms with Crippen molar-refractivity contribution in [2.24, 2.45) is 5.84 Å². The minimum Gasteiger partial charge on any atom is -0.444 e. The Morgan fingerprint density at radius 3 is 1.73 bits per heavy atom. The highest BCUT2D eigenvalue weighted by atomic mass is 35.5. The molecule has 3 amide bonds. The van der Waals surface area contributed by atoms with E-state index >= 15 is 0 Å². The van der Waals surface area contributed by atoms with Crippen molar-refractivity contribution in [3.8, 4) is 0 Å². The maximum atomic E-state index is 13.7. The summed E-state index contributed by atoms with van der Waals surface area (Å²) in [6.07, 6.45) is -2.41. The summed E-state index contributed by atoms with van der Waals surface area (Å²) in [5.41, 5.74) is 2.64. The number of hydrogen-bond donors (Lipinski definition) is 6. The second-order valence-electron chi connectivity index (χ2n) is 18.2. The number of nitrogens with zero attached hydrogens (tertiary/aromatic N) is 6. The second-order valence-corrected chi connectivity index (χ2v) is 19.0. The molecule has 2 aliphatic rings. The zero-order chi connectivity index (χ0) is 48.8. The molecule has 0 unspecified atom stereocenters. The molecule has 0 spiro atoms. The molecule has 5 aromatic rings. The van der Waals surface area contributed by atoms with Crippen LogP contribution < -0.4 is 37.3 Å². The molecule has 0 radical (unpaired) electrons. The number of hydrogen-bond acceptors (Lipinski definition) is 12. The molecule has 0 bridgehead atoms. The van der Waals surface area contributed by atoms with Gasteiger partial charge in [0, 0.05) is 72.3 Å². The van der Waals surface area contributed by atoms with Crippen molar-refractivity contribution < 1.29 is 37.0 Å². The number of nitrogens with two attached hydrogens (primary N) is 1. The van der Waals surface area contributed by atoms with Crippen molar-refractivity contribution in [1.29, 1.82) is 0 Å². The first-order valence-electron chi connectivity index (χ1n) is 21.6. The summed E-state index contributed by atoms with van der Waals surface area (Å²) in [4.78, 5) is 53.3. The number of halogens is 5. The van der Waals surface area contributed by atoms with Crippen LogP contribution in [0.3, 0.4) is 0 Å². The van der Waals surface area contributed by atoms with Crippen molar-refractivity contribution in [2.45, 2.75) is 110 Å². The van der Waals surface area contributed by atoms with Gasteiger partial charge in [0.25, 0.3) is 17.3 Å². The Labute approximate surface area is 394 Å². The molecular weight excluding hydrogens is 920 g/mol. The summed E-state index contributed by atoms with van der Waals surface area (Å²) >= 11 is 12.7. The molecule has 18 nitrogen and oxygen atoms in total. The average molecular weight is 976 g/mol. The fourth-order valence-electron chi connectivity index (χ4n) is 7.86. The minimum absolute atomic E-state index is 0.0730. The topological polar surface area (TPSA) is 230 Å². The first-order valence-corrected chi connectivity index (χ1v) is 22.4. The van der Waals surface area contributed by atoms with E-state index in [1.165, 1.54) is 0 Å². The van der Waals surface area contributed by atoms with E-state index in [9.17, 15) is 32.3 Å². The number of hydrazine groups is 1. The van der Waals surface area contributed by atoms with Gasteiger partial charge in [0.2, 0.25) is 0 Å². The number of carbonyl (C=O) groups excluding carboxylic acids is 3. The molecule has 2 aromatic carbocycles. The molecule has 7 rings (SSSR count). The van der Waals surface area contributed by atoms with Crippen LogP contribution in [0.2, 0.25) is 10.0 Å². The number of fused-ring (bicyclic) bond motifs is 1. The van der Waals surface area contributed by atoms with Crippen molar-refractivity contribution in [2.75, 3.05) is 36.0 Å². The van der Waals surface area contributed by atoms with E-state index < -0.39 is 46.9 Å². The van der Waals surface area contributed by atoms with Crippen molar-refractivity contribution in [3.63, 3.8) is 0 Å². The Hall–Kier alpha value is -6.06. The van der Waals surface area contributed by atoms with Crippen LogP contribution in [0.15, 0.2) is 53.3 Å². The van der Waals surface area contributed by atoms with E-state index in [-0.39, 0.29) is 41.9 Å². The number of aromatic amines is 2. The van der Waals surface area contributed by atoms with Gasteiger partial charge in [0.15, 0.2) is 11.6 Å². The molecule has 67 heavy (non-hydrogen) atoms. The Kier molecular flexibility index (Phi) is 15.7. The lowest BCUT2D eigenvalue weighted by atomic mass is 10.0. The van der Waals surface area contributed by atoms with Crippen LogP contribution in [-0.2, 0) is 28.5 Å². The molecule has 2 atom stereocenters. The first-order chi connectivity index (χ1) is 31.5. The monoisotopic (exact) mass is 974 g/mol. The smallest absolute Gasteiger partial charge is 0.444 e. The van der Waals surface area contributed by atoms with Crippen LogP contribution in [0.25, 0.3) is 5.52 Å². The maximum absolute atomic E-state index is 13.7. The molecule has 7 N–H and O–H groups in total. The van der Waals surface area contributed by atoms with E-state index in [1.54, 1.807) is 56.0 Å². The summed E-state index contributed by atoms with van der Waals surface area (Å²) in [5.74, 6) is 4.41. The largest absolute Gasteiger partial charge is 0.453 e. The maximum Gasteiger partial charge on any atom is 0.453 e. The van der Waals surface area contributed by atoms with Crippen LogP contribution >= 0.6 is 23.2 Å². The first kappa shape index (κ1) is 50.4. The number of ether oxygens (including phenoxy) is 2. The number of anilines is 2. The Balaban J connectivity index is 0.000000224. The zero-order valence-corrected chi connectivity index (χ0v) is 39.5. The van der Waals surface area contributed by atoms with Crippen LogP contribution in [-0.4, -0.2) is 97.6 Å². The van der Waals surface area contributed by atoms with Gasteiger partial charge in [-0.1, -0.05) is 59.6 Å². The number of amides is 3. The van der Waals surface area contributed by atoms with Gasteiger partial charge in [-0.25, -0.2) is 25.0 Å². The van der Waals surface area contributed by atoms with Gasteiger partial charge in [-0.2, -0.15) is 18.3 Å². The average Bonchev–Trinajstić information content (AvgIpc) is 3.83. The Bertz CT molecular complexity index is 2620. The van der Waals surface area contributed by atoms with Gasteiger partial charge in [-0.05, 0) is 90.5 Å². The number of nitrogens with one attached hydrogen (secondary N) is 5. The fourth-order valence-corrected chi connectivity index (χ4v) is 8.27. The highest BCUT2D eigenvalue weighted by molar-refractivity contribution is 6.31. The van der Waals surface area contributed by atoms with E-state index in [2.05, 4.69) is 41.4 Å². The number of aromatic nitrogens is 6. The number of alkyl carbamates (subject to hydrolysis) is 2. The lowest BCUT2D eigenvalue weighted by Crippen LogP contribution is -2.49. The Morgan fingerprint density at radius 1 is 0.761 bits per heavy atom. The van der Waals surface area contributed by atoms with Gasteiger partial charge in [-0.3, -0.25) is 20.1 Å². The summed E-state index contributed by atoms with van der Waals surface area (Å²) in [7, 11) is 0. The lowest BCUT2D eigenvalue weighted by Gasteiger charge is -2.34. The van der Waals surface area contributed by atoms with Gasteiger partial charge in [0.1, 0.15) is 22.4 Å². The summed E-state index contributed by atoms with van der Waals surface area (Å²) < 4.78 is 52.4. The number of nitrogen functional groups attached to an aromatic ring is 1. The van der Waals surface area contributed by atoms with E-state index in [0.29, 0.717) is 69.6 Å².